The van der Waals surface area contributed by atoms with Crippen molar-refractivity contribution in [2.75, 3.05) is 19.8 Å². The molecule has 12 heteroatoms. The first-order valence-electron chi connectivity index (χ1n) is 12.2. The van der Waals surface area contributed by atoms with Crippen LogP contribution < -0.4 is 0 Å². The van der Waals surface area contributed by atoms with Gasteiger partial charge in [-0.05, 0) is 43.3 Å². The van der Waals surface area contributed by atoms with E-state index in [1.54, 1.807) is 0 Å². The highest BCUT2D eigenvalue weighted by atomic mass is 16.7. The maximum Gasteiger partial charge on any atom is 0.186 e. The van der Waals surface area contributed by atoms with Gasteiger partial charge in [-0.3, -0.25) is 4.79 Å². The molecule has 36 heavy (non-hydrogen) atoms. The average molecular weight is 521 g/mol. The van der Waals surface area contributed by atoms with Crippen molar-refractivity contribution >= 4 is 5.78 Å². The summed E-state index contributed by atoms with van der Waals surface area (Å²) >= 11 is 0. The number of hydrogen-bond acceptors (Lipinski definition) is 12. The fourth-order valence-corrected chi connectivity index (χ4v) is 5.28. The molecule has 0 amide bonds. The van der Waals surface area contributed by atoms with Gasteiger partial charge in [0.1, 0.15) is 36.1 Å². The maximum absolute atomic E-state index is 11.4. The Labute approximate surface area is 210 Å². The molecule has 3 aliphatic rings. The van der Waals surface area contributed by atoms with Gasteiger partial charge in [0.15, 0.2) is 18.4 Å². The zero-order chi connectivity index (χ0) is 27.1. The average Bonchev–Trinajstić information content (AvgIpc) is 3.09. The SMILES string of the molecule is CC(=O)/C=C/[C@@]1(O)C(C)C[C@H](O[C@@H]2O[C@H](CO[C@@H]3OC[C@](O)(CO)[C@H]3O)[C@@H](O)[C@H](O)[C@H]2O)CC1(C)C. The van der Waals surface area contributed by atoms with Gasteiger partial charge in [-0.25, -0.2) is 0 Å². The van der Waals surface area contributed by atoms with Crippen molar-refractivity contribution in [3.63, 3.8) is 0 Å². The third kappa shape index (κ3) is 5.69. The molecule has 3 fully saturated rings. The van der Waals surface area contributed by atoms with Crippen molar-refractivity contribution < 1.29 is 59.5 Å². The van der Waals surface area contributed by atoms with Crippen LogP contribution in [0.25, 0.3) is 0 Å². The third-order valence-corrected chi connectivity index (χ3v) is 7.76. The summed E-state index contributed by atoms with van der Waals surface area (Å²) in [7, 11) is 0. The van der Waals surface area contributed by atoms with E-state index in [1.807, 2.05) is 20.8 Å². The first-order valence-corrected chi connectivity index (χ1v) is 12.2. The standard InChI is InChI=1S/C24H40O12/c1-12-7-14(8-22(3,4)24(12,32)6-5-13(2)26)35-20-18(29)17(28)16(27)15(36-20)9-33-21-19(30)23(31,10-25)11-34-21/h5-6,12,14-21,25,27-32H,7-11H2,1-4H3/b6-5+/t12?,14-,15+,16+,17-,18+,19-,20+,21+,23+,24+/m0/s1. The van der Waals surface area contributed by atoms with E-state index in [2.05, 4.69) is 0 Å². The lowest BCUT2D eigenvalue weighted by Gasteiger charge is -2.52. The van der Waals surface area contributed by atoms with Gasteiger partial charge in [-0.1, -0.05) is 20.8 Å². The summed E-state index contributed by atoms with van der Waals surface area (Å²) in [5.74, 6) is -0.496. The first-order chi connectivity index (χ1) is 16.6. The molecule has 1 aliphatic carbocycles. The molecule has 1 unspecified atom stereocenters. The number of allylic oxidation sites excluding steroid dienone is 1. The monoisotopic (exact) mass is 520 g/mol. The van der Waals surface area contributed by atoms with Crippen LogP contribution in [0.15, 0.2) is 12.2 Å². The molecule has 2 saturated heterocycles. The smallest absolute Gasteiger partial charge is 0.186 e. The summed E-state index contributed by atoms with van der Waals surface area (Å²) in [6.45, 7) is 5.44. The minimum absolute atomic E-state index is 0.180. The molecule has 0 aromatic rings. The normalized spacial score (nSPS) is 47.4. The van der Waals surface area contributed by atoms with E-state index in [9.17, 15) is 40.5 Å². The zero-order valence-electron chi connectivity index (χ0n) is 21.1. The first kappa shape index (κ1) is 29.5. The molecule has 0 aromatic carbocycles. The van der Waals surface area contributed by atoms with Crippen LogP contribution in [-0.4, -0.2) is 122 Å². The second-order valence-corrected chi connectivity index (χ2v) is 11.0. The van der Waals surface area contributed by atoms with Gasteiger partial charge < -0.3 is 54.7 Å². The number of carbonyl (C=O) groups excluding carboxylic acids is 1. The molecule has 3 rings (SSSR count). The lowest BCUT2D eigenvalue weighted by molar-refractivity contribution is -0.325. The van der Waals surface area contributed by atoms with Crippen LogP contribution in [0.5, 0.6) is 0 Å². The molecule has 12 nitrogen and oxygen atoms in total. The fourth-order valence-electron chi connectivity index (χ4n) is 5.28. The van der Waals surface area contributed by atoms with Crippen LogP contribution in [0.1, 0.15) is 40.5 Å². The Morgan fingerprint density at radius 2 is 1.75 bits per heavy atom. The van der Waals surface area contributed by atoms with Crippen molar-refractivity contribution in [2.45, 2.75) is 101 Å². The molecule has 2 aliphatic heterocycles. The summed E-state index contributed by atoms with van der Waals surface area (Å²) in [6.07, 6.45) is -6.97. The van der Waals surface area contributed by atoms with Crippen LogP contribution in [0.3, 0.4) is 0 Å². The van der Waals surface area contributed by atoms with Crippen LogP contribution in [0, 0.1) is 11.3 Å². The maximum atomic E-state index is 11.4. The molecule has 0 spiro atoms. The van der Waals surface area contributed by atoms with Gasteiger partial charge in [0, 0.05) is 0 Å². The largest absolute Gasteiger partial charge is 0.393 e. The molecule has 7 N–H and O–H groups in total. The highest BCUT2D eigenvalue weighted by Crippen LogP contribution is 2.49. The van der Waals surface area contributed by atoms with E-state index >= 15 is 0 Å². The van der Waals surface area contributed by atoms with Crippen LogP contribution in [0.4, 0.5) is 0 Å². The number of ether oxygens (including phenoxy) is 4. The van der Waals surface area contributed by atoms with Crippen molar-refractivity contribution in [1.82, 2.24) is 0 Å². The molecular weight excluding hydrogens is 480 g/mol. The summed E-state index contributed by atoms with van der Waals surface area (Å²) in [6, 6.07) is 0. The van der Waals surface area contributed by atoms with Crippen molar-refractivity contribution in [1.29, 1.82) is 0 Å². The second-order valence-electron chi connectivity index (χ2n) is 11.0. The highest BCUT2D eigenvalue weighted by molar-refractivity contribution is 5.87. The summed E-state index contributed by atoms with van der Waals surface area (Å²) in [5.41, 5.74) is -3.86. The van der Waals surface area contributed by atoms with Crippen LogP contribution >= 0.6 is 0 Å². The predicted octanol–water partition coefficient (Wildman–Crippen LogP) is -2.03. The van der Waals surface area contributed by atoms with Crippen molar-refractivity contribution in [3.8, 4) is 0 Å². The molecular formula is C24H40O12. The van der Waals surface area contributed by atoms with E-state index in [4.69, 9.17) is 18.9 Å². The highest BCUT2D eigenvalue weighted by Gasteiger charge is 2.53. The number of aliphatic hydroxyl groups excluding tert-OH is 5. The minimum atomic E-state index is -1.88. The van der Waals surface area contributed by atoms with Gasteiger partial charge in [0.2, 0.25) is 0 Å². The van der Waals surface area contributed by atoms with Gasteiger partial charge in [0.25, 0.3) is 0 Å². The Bertz CT molecular complexity index is 804. The quantitative estimate of drug-likeness (QED) is 0.174. The van der Waals surface area contributed by atoms with E-state index in [-0.39, 0.29) is 24.9 Å². The Hall–Kier alpha value is -1.03. The number of carbonyl (C=O) groups is 1. The van der Waals surface area contributed by atoms with Gasteiger partial charge in [0.05, 0.1) is 31.5 Å². The Morgan fingerprint density at radius 3 is 2.31 bits per heavy atom. The van der Waals surface area contributed by atoms with E-state index in [1.165, 1.54) is 19.1 Å². The molecule has 0 bridgehead atoms. The molecule has 1 saturated carbocycles. The van der Waals surface area contributed by atoms with E-state index in [0.717, 1.165) is 0 Å². The second kappa shape index (κ2) is 11.0. The van der Waals surface area contributed by atoms with Crippen molar-refractivity contribution in [3.05, 3.63) is 12.2 Å². The number of ketones is 1. The summed E-state index contributed by atoms with van der Waals surface area (Å²) in [4.78, 5) is 11.4. The number of rotatable bonds is 8. The van der Waals surface area contributed by atoms with Gasteiger partial charge in [-0.2, -0.15) is 0 Å². The van der Waals surface area contributed by atoms with E-state index in [0.29, 0.717) is 12.8 Å². The van der Waals surface area contributed by atoms with Crippen LogP contribution in [-0.2, 0) is 23.7 Å². The minimum Gasteiger partial charge on any atom is -0.393 e. The lowest BCUT2D eigenvalue weighted by Crippen LogP contribution is -2.61. The number of aliphatic hydroxyl groups is 7. The van der Waals surface area contributed by atoms with Crippen molar-refractivity contribution in [2.24, 2.45) is 11.3 Å². The van der Waals surface area contributed by atoms with Gasteiger partial charge in [-0.15, -0.1) is 0 Å². The van der Waals surface area contributed by atoms with E-state index < -0.39 is 72.4 Å². The lowest BCUT2D eigenvalue weighted by atomic mass is 9.59. The molecule has 208 valence electrons. The van der Waals surface area contributed by atoms with Gasteiger partial charge >= 0.3 is 0 Å². The topological polar surface area (TPSA) is 196 Å². The molecule has 11 atom stereocenters. The predicted molar refractivity (Wildman–Crippen MR) is 122 cm³/mol. The zero-order valence-corrected chi connectivity index (χ0v) is 21.1. The number of hydrogen-bond donors (Lipinski definition) is 7. The third-order valence-electron chi connectivity index (χ3n) is 7.76. The Balaban J connectivity index is 1.65. The molecule has 2 heterocycles. The Kier molecular flexibility index (Phi) is 9.01. The summed E-state index contributed by atoms with van der Waals surface area (Å²) < 4.78 is 22.3. The Morgan fingerprint density at radius 1 is 1.08 bits per heavy atom. The molecule has 0 radical (unpaired) electrons. The fraction of sp³-hybridized carbons (Fsp3) is 0.875. The molecule has 0 aromatic heterocycles. The summed E-state index contributed by atoms with van der Waals surface area (Å²) in [5, 5.41) is 72.1. The van der Waals surface area contributed by atoms with Crippen LogP contribution in [0.2, 0.25) is 0 Å².